The third-order valence-corrected chi connectivity index (χ3v) is 2.51. The SMILES string of the molecule is Clc1ccc(-c2[c]cccc2Cl)cc1. The largest absolute Gasteiger partial charge is 0.0843 e. The van der Waals surface area contributed by atoms with Gasteiger partial charge in [-0.05, 0) is 29.8 Å². The zero-order chi connectivity index (χ0) is 9.97. The first-order chi connectivity index (χ1) is 6.77. The molecule has 0 unspecified atom stereocenters. The predicted octanol–water partition coefficient (Wildman–Crippen LogP) is 4.46. The molecule has 69 valence electrons. The molecule has 0 N–H and O–H groups in total. The molecule has 2 aromatic rings. The summed E-state index contributed by atoms with van der Waals surface area (Å²) < 4.78 is 0. The van der Waals surface area contributed by atoms with E-state index in [1.54, 1.807) is 0 Å². The fourth-order valence-electron chi connectivity index (χ4n) is 1.25. The van der Waals surface area contributed by atoms with Gasteiger partial charge in [0.15, 0.2) is 0 Å². The van der Waals surface area contributed by atoms with Gasteiger partial charge in [0.2, 0.25) is 0 Å². The highest BCUT2D eigenvalue weighted by atomic mass is 35.5. The molecule has 0 amide bonds. The second-order valence-corrected chi connectivity index (χ2v) is 3.74. The van der Waals surface area contributed by atoms with Gasteiger partial charge in [-0.25, -0.2) is 0 Å². The molecule has 0 saturated carbocycles. The molecule has 0 aliphatic heterocycles. The molecule has 14 heavy (non-hydrogen) atoms. The lowest BCUT2D eigenvalue weighted by Crippen LogP contribution is -1.78. The summed E-state index contributed by atoms with van der Waals surface area (Å²) in [5.74, 6) is 0. The van der Waals surface area contributed by atoms with Crippen molar-refractivity contribution in [1.29, 1.82) is 0 Å². The quantitative estimate of drug-likeness (QED) is 0.668. The van der Waals surface area contributed by atoms with E-state index in [2.05, 4.69) is 6.07 Å². The maximum absolute atomic E-state index is 6.03. The Labute approximate surface area is 93.1 Å². The van der Waals surface area contributed by atoms with E-state index in [4.69, 9.17) is 23.2 Å². The molecule has 0 spiro atoms. The molecule has 0 aromatic heterocycles. The van der Waals surface area contributed by atoms with Crippen LogP contribution in [0.4, 0.5) is 0 Å². The fourth-order valence-corrected chi connectivity index (χ4v) is 1.62. The van der Waals surface area contributed by atoms with E-state index in [1.165, 1.54) is 0 Å². The number of halogens is 2. The van der Waals surface area contributed by atoms with Gasteiger partial charge in [0, 0.05) is 15.6 Å². The van der Waals surface area contributed by atoms with Crippen molar-refractivity contribution in [3.63, 3.8) is 0 Å². The molecule has 0 fully saturated rings. The minimum absolute atomic E-state index is 0.704. The Hall–Kier alpha value is -0.980. The minimum Gasteiger partial charge on any atom is -0.0843 e. The second-order valence-electron chi connectivity index (χ2n) is 2.90. The van der Waals surface area contributed by atoms with Crippen LogP contribution >= 0.6 is 23.2 Å². The van der Waals surface area contributed by atoms with Crippen LogP contribution in [0, 0.1) is 6.07 Å². The van der Waals surface area contributed by atoms with Crippen LogP contribution in [-0.4, -0.2) is 0 Å². The Morgan fingerprint density at radius 3 is 2.29 bits per heavy atom. The van der Waals surface area contributed by atoms with Gasteiger partial charge in [-0.3, -0.25) is 0 Å². The average Bonchev–Trinajstić information content (AvgIpc) is 2.20. The first-order valence-corrected chi connectivity index (χ1v) is 4.95. The van der Waals surface area contributed by atoms with Crippen molar-refractivity contribution in [2.24, 2.45) is 0 Å². The molecule has 0 aliphatic carbocycles. The van der Waals surface area contributed by atoms with Crippen LogP contribution in [0.1, 0.15) is 0 Å². The Balaban J connectivity index is 2.50. The minimum atomic E-state index is 0.704. The van der Waals surface area contributed by atoms with Crippen LogP contribution in [0.15, 0.2) is 42.5 Å². The highest BCUT2D eigenvalue weighted by molar-refractivity contribution is 6.33. The number of hydrogen-bond acceptors (Lipinski definition) is 0. The molecule has 0 aliphatic rings. The highest BCUT2D eigenvalue weighted by Crippen LogP contribution is 2.27. The molecule has 0 bridgehead atoms. The molecule has 2 aromatic carbocycles. The summed E-state index contributed by atoms with van der Waals surface area (Å²) in [6.45, 7) is 0. The van der Waals surface area contributed by atoms with Gasteiger partial charge < -0.3 is 0 Å². The summed E-state index contributed by atoms with van der Waals surface area (Å²) in [5, 5.41) is 1.43. The van der Waals surface area contributed by atoms with Crippen molar-refractivity contribution in [3.8, 4) is 11.1 Å². The summed E-state index contributed by atoms with van der Waals surface area (Å²) in [4.78, 5) is 0. The Bertz CT molecular complexity index is 432. The van der Waals surface area contributed by atoms with Gasteiger partial charge in [-0.15, -0.1) is 0 Å². The lowest BCUT2D eigenvalue weighted by Gasteiger charge is -2.02. The van der Waals surface area contributed by atoms with E-state index < -0.39 is 0 Å². The summed E-state index contributed by atoms with van der Waals surface area (Å²) in [6.07, 6.45) is 0. The Morgan fingerprint density at radius 1 is 0.929 bits per heavy atom. The van der Waals surface area contributed by atoms with E-state index in [1.807, 2.05) is 42.5 Å². The van der Waals surface area contributed by atoms with Crippen molar-refractivity contribution >= 4 is 23.2 Å². The molecule has 0 atom stereocenters. The van der Waals surface area contributed by atoms with Gasteiger partial charge in [0.1, 0.15) is 0 Å². The number of benzene rings is 2. The molecule has 2 heteroatoms. The zero-order valence-electron chi connectivity index (χ0n) is 7.30. The smallest absolute Gasteiger partial charge is 0.0490 e. The maximum Gasteiger partial charge on any atom is 0.0490 e. The van der Waals surface area contributed by atoms with Crippen molar-refractivity contribution in [2.75, 3.05) is 0 Å². The molecular formula is C12H7Cl2. The lowest BCUT2D eigenvalue weighted by molar-refractivity contribution is 1.61. The topological polar surface area (TPSA) is 0 Å². The normalized spacial score (nSPS) is 10.1. The van der Waals surface area contributed by atoms with Gasteiger partial charge in [-0.1, -0.05) is 47.5 Å². The fraction of sp³-hybridized carbons (Fsp3) is 0. The van der Waals surface area contributed by atoms with Crippen molar-refractivity contribution < 1.29 is 0 Å². The standard InChI is InChI=1S/C12H7Cl2/c13-10-7-5-9(6-8-10)11-3-1-2-4-12(11)14/h1-2,4-8H. The van der Waals surface area contributed by atoms with E-state index in [-0.39, 0.29) is 0 Å². The summed E-state index contributed by atoms with van der Waals surface area (Å²) in [5.41, 5.74) is 1.94. The van der Waals surface area contributed by atoms with Crippen LogP contribution < -0.4 is 0 Å². The average molecular weight is 222 g/mol. The van der Waals surface area contributed by atoms with Crippen LogP contribution in [-0.2, 0) is 0 Å². The first-order valence-electron chi connectivity index (χ1n) is 4.19. The highest BCUT2D eigenvalue weighted by Gasteiger charge is 2.01. The summed E-state index contributed by atoms with van der Waals surface area (Å²) in [6, 6.07) is 16.2. The number of hydrogen-bond donors (Lipinski definition) is 0. The van der Waals surface area contributed by atoms with E-state index in [0.717, 1.165) is 16.1 Å². The van der Waals surface area contributed by atoms with E-state index >= 15 is 0 Å². The first kappa shape index (κ1) is 9.57. The van der Waals surface area contributed by atoms with E-state index in [0.29, 0.717) is 5.02 Å². The molecule has 0 heterocycles. The van der Waals surface area contributed by atoms with Crippen LogP contribution in [0.5, 0.6) is 0 Å². The molecular weight excluding hydrogens is 215 g/mol. The third-order valence-electron chi connectivity index (χ3n) is 1.94. The van der Waals surface area contributed by atoms with Crippen LogP contribution in [0.3, 0.4) is 0 Å². The Morgan fingerprint density at radius 2 is 1.64 bits per heavy atom. The van der Waals surface area contributed by atoms with E-state index in [9.17, 15) is 0 Å². The van der Waals surface area contributed by atoms with Gasteiger partial charge in [0.25, 0.3) is 0 Å². The maximum atomic E-state index is 6.03. The molecule has 1 radical (unpaired) electrons. The molecule has 0 nitrogen and oxygen atoms in total. The van der Waals surface area contributed by atoms with Gasteiger partial charge in [0.05, 0.1) is 0 Å². The van der Waals surface area contributed by atoms with Gasteiger partial charge in [-0.2, -0.15) is 0 Å². The monoisotopic (exact) mass is 221 g/mol. The zero-order valence-corrected chi connectivity index (χ0v) is 8.81. The van der Waals surface area contributed by atoms with Crippen LogP contribution in [0.2, 0.25) is 10.0 Å². The Kier molecular flexibility index (Phi) is 2.76. The lowest BCUT2D eigenvalue weighted by atomic mass is 10.1. The molecule has 2 rings (SSSR count). The summed E-state index contributed by atoms with van der Waals surface area (Å²) >= 11 is 11.8. The second kappa shape index (κ2) is 4.04. The van der Waals surface area contributed by atoms with Crippen molar-refractivity contribution in [3.05, 3.63) is 58.6 Å². The van der Waals surface area contributed by atoms with Crippen molar-refractivity contribution in [1.82, 2.24) is 0 Å². The van der Waals surface area contributed by atoms with Crippen LogP contribution in [0.25, 0.3) is 11.1 Å². The number of rotatable bonds is 1. The third kappa shape index (κ3) is 1.92. The molecule has 0 saturated heterocycles. The van der Waals surface area contributed by atoms with Gasteiger partial charge >= 0.3 is 0 Å². The predicted molar refractivity (Wildman–Crippen MR) is 60.7 cm³/mol. The van der Waals surface area contributed by atoms with Crippen molar-refractivity contribution in [2.45, 2.75) is 0 Å². The summed E-state index contributed by atoms with van der Waals surface area (Å²) in [7, 11) is 0.